The third kappa shape index (κ3) is 1.74. The lowest BCUT2D eigenvalue weighted by Gasteiger charge is -1.95. The Morgan fingerprint density at radius 2 is 2.60 bits per heavy atom. The summed E-state index contributed by atoms with van der Waals surface area (Å²) in [5.41, 5.74) is 0.963. The van der Waals surface area contributed by atoms with E-state index < -0.39 is 0 Å². The van der Waals surface area contributed by atoms with Gasteiger partial charge in [0.2, 0.25) is 0 Å². The summed E-state index contributed by atoms with van der Waals surface area (Å²) in [6, 6.07) is 1.90. The van der Waals surface area contributed by atoms with Gasteiger partial charge in [0.15, 0.2) is 4.32 Å². The van der Waals surface area contributed by atoms with Crippen LogP contribution in [-0.2, 0) is 0 Å². The minimum Gasteiger partial charge on any atom is -0.222 e. The van der Waals surface area contributed by atoms with E-state index in [9.17, 15) is 0 Å². The first-order valence-electron chi connectivity index (χ1n) is 2.62. The Morgan fingerprint density at radius 3 is 3.00 bits per heavy atom. The molecule has 0 atom stereocenters. The van der Waals surface area contributed by atoms with Crippen LogP contribution in [0.2, 0.25) is 0 Å². The molecule has 0 unspecified atom stereocenters. The molecule has 0 N–H and O–H groups in total. The fourth-order valence-corrected chi connectivity index (χ4v) is 1.10. The number of thiol groups is 1. The van der Waals surface area contributed by atoms with E-state index >= 15 is 0 Å². The molecule has 0 saturated heterocycles. The molecule has 2 nitrogen and oxygen atoms in total. The van der Waals surface area contributed by atoms with Crippen LogP contribution in [-0.4, -0.2) is 14.1 Å². The normalized spacial score (nSPS) is 9.80. The van der Waals surface area contributed by atoms with E-state index in [0.29, 0.717) is 4.32 Å². The highest BCUT2D eigenvalue weighted by Crippen LogP contribution is 2.10. The van der Waals surface area contributed by atoms with Crippen LogP contribution >= 0.6 is 34.7 Å². The fourth-order valence-electron chi connectivity index (χ4n) is 0.559. The van der Waals surface area contributed by atoms with E-state index in [2.05, 4.69) is 16.8 Å². The summed E-state index contributed by atoms with van der Waals surface area (Å²) >= 11 is 8.87. The van der Waals surface area contributed by atoms with Gasteiger partial charge in [-0.2, -0.15) is 5.10 Å². The van der Waals surface area contributed by atoms with E-state index in [0.717, 1.165) is 5.69 Å². The van der Waals surface area contributed by atoms with Crippen molar-refractivity contribution in [3.05, 3.63) is 18.0 Å². The lowest BCUT2D eigenvalue weighted by atomic mass is 10.5. The predicted octanol–water partition coefficient (Wildman–Crippen LogP) is 1.90. The molecule has 0 saturated carbocycles. The van der Waals surface area contributed by atoms with Crippen molar-refractivity contribution in [2.45, 2.75) is 6.92 Å². The van der Waals surface area contributed by atoms with Gasteiger partial charge in [-0.1, -0.05) is 0 Å². The summed E-state index contributed by atoms with van der Waals surface area (Å²) in [5, 5.41) is 4.09. The highest BCUT2D eigenvalue weighted by molar-refractivity contribution is 8.76. The number of hydrogen-bond donors (Lipinski definition) is 1. The summed E-state index contributed by atoms with van der Waals surface area (Å²) in [4.78, 5) is 0. The summed E-state index contributed by atoms with van der Waals surface area (Å²) in [6.45, 7) is 1.92. The van der Waals surface area contributed by atoms with Gasteiger partial charge in [-0.3, -0.25) is 0 Å². The van der Waals surface area contributed by atoms with Crippen molar-refractivity contribution in [3.8, 4) is 0 Å². The first-order valence-corrected chi connectivity index (χ1v) is 4.90. The molecule has 54 valence electrons. The molecule has 0 aliphatic heterocycles. The molecule has 0 aliphatic rings. The van der Waals surface area contributed by atoms with E-state index in [1.165, 1.54) is 10.8 Å². The van der Waals surface area contributed by atoms with Gasteiger partial charge in [0.1, 0.15) is 0 Å². The van der Waals surface area contributed by atoms with Crippen molar-refractivity contribution in [1.29, 1.82) is 0 Å². The monoisotopic (exact) mass is 190 g/mol. The van der Waals surface area contributed by atoms with Gasteiger partial charge in [0, 0.05) is 6.20 Å². The SMILES string of the molecule is Cc1ccn(C(=S)SS)n1. The Balaban J connectivity index is 2.85. The molecule has 0 amide bonds. The van der Waals surface area contributed by atoms with Crippen molar-refractivity contribution < 1.29 is 0 Å². The molecule has 0 radical (unpaired) electrons. The summed E-state index contributed by atoms with van der Waals surface area (Å²) < 4.78 is 2.28. The highest BCUT2D eigenvalue weighted by atomic mass is 33.1. The second-order valence-electron chi connectivity index (χ2n) is 1.76. The lowest BCUT2D eigenvalue weighted by molar-refractivity contribution is 0.938. The van der Waals surface area contributed by atoms with Crippen LogP contribution in [0, 0.1) is 6.92 Å². The Morgan fingerprint density at radius 1 is 1.90 bits per heavy atom. The molecule has 1 aromatic heterocycles. The van der Waals surface area contributed by atoms with Crippen molar-refractivity contribution in [1.82, 2.24) is 9.78 Å². The van der Waals surface area contributed by atoms with Crippen molar-refractivity contribution >= 4 is 39.0 Å². The van der Waals surface area contributed by atoms with Crippen molar-refractivity contribution in [2.24, 2.45) is 0 Å². The molecule has 0 spiro atoms. The molecule has 0 aromatic carbocycles. The zero-order valence-corrected chi connectivity index (χ0v) is 7.84. The number of rotatable bonds is 0. The molecule has 1 heterocycles. The number of hydrogen-bond acceptors (Lipinski definition) is 4. The largest absolute Gasteiger partial charge is 0.222 e. The smallest absolute Gasteiger partial charge is 0.171 e. The maximum Gasteiger partial charge on any atom is 0.171 e. The van der Waals surface area contributed by atoms with Gasteiger partial charge < -0.3 is 0 Å². The number of aryl methyl sites for hydroxylation is 1. The van der Waals surface area contributed by atoms with Crippen LogP contribution in [0.3, 0.4) is 0 Å². The van der Waals surface area contributed by atoms with Crippen LogP contribution in [0.4, 0.5) is 0 Å². The lowest BCUT2D eigenvalue weighted by Crippen LogP contribution is -2.03. The maximum atomic E-state index is 4.92. The zero-order valence-electron chi connectivity index (χ0n) is 5.31. The van der Waals surface area contributed by atoms with E-state index in [-0.39, 0.29) is 0 Å². The number of nitrogens with zero attached hydrogens (tertiary/aromatic N) is 2. The van der Waals surface area contributed by atoms with E-state index in [1.807, 2.05) is 19.2 Å². The summed E-state index contributed by atoms with van der Waals surface area (Å²) in [5.74, 6) is 0. The molecule has 0 fully saturated rings. The van der Waals surface area contributed by atoms with Gasteiger partial charge in [-0.05, 0) is 36.0 Å². The third-order valence-electron chi connectivity index (χ3n) is 0.988. The van der Waals surface area contributed by atoms with Crippen molar-refractivity contribution in [2.75, 3.05) is 0 Å². The number of thiocarbonyl (C=S) groups is 1. The Bertz CT molecular complexity index is 243. The second kappa shape index (κ2) is 3.41. The van der Waals surface area contributed by atoms with Crippen LogP contribution in [0.1, 0.15) is 5.69 Å². The molecule has 1 aromatic rings. The quantitative estimate of drug-likeness (QED) is 0.383. The van der Waals surface area contributed by atoms with Crippen LogP contribution in [0.5, 0.6) is 0 Å². The van der Waals surface area contributed by atoms with Crippen molar-refractivity contribution in [3.63, 3.8) is 0 Å². The first kappa shape index (κ1) is 8.10. The molecule has 0 aliphatic carbocycles. The van der Waals surface area contributed by atoms with Crippen LogP contribution < -0.4 is 0 Å². The average Bonchev–Trinajstić information content (AvgIpc) is 2.34. The van der Waals surface area contributed by atoms with E-state index in [4.69, 9.17) is 12.2 Å². The minimum atomic E-state index is 0.649. The van der Waals surface area contributed by atoms with Crippen LogP contribution in [0.15, 0.2) is 12.3 Å². The summed E-state index contributed by atoms with van der Waals surface area (Å²) in [6.07, 6.45) is 1.82. The Kier molecular flexibility index (Phi) is 2.76. The van der Waals surface area contributed by atoms with Gasteiger partial charge in [0.25, 0.3) is 0 Å². The van der Waals surface area contributed by atoms with Gasteiger partial charge in [-0.25, -0.2) is 4.68 Å². The second-order valence-corrected chi connectivity index (χ2v) is 3.52. The maximum absolute atomic E-state index is 4.92. The molecule has 5 heteroatoms. The highest BCUT2D eigenvalue weighted by Gasteiger charge is 1.97. The standard InChI is InChI=1S/C5H6N2S3/c1-4-2-3-7(6-4)5(8)10-9/h2-3,9H,1H3. The van der Waals surface area contributed by atoms with Crippen LogP contribution in [0.25, 0.3) is 0 Å². The zero-order chi connectivity index (χ0) is 7.56. The molecular formula is C5H6N2S3. The molecular weight excluding hydrogens is 184 g/mol. The predicted molar refractivity (Wildman–Crippen MR) is 51.5 cm³/mol. The molecule has 1 rings (SSSR count). The number of aromatic nitrogens is 2. The minimum absolute atomic E-state index is 0.649. The third-order valence-corrected chi connectivity index (χ3v) is 2.66. The first-order chi connectivity index (χ1) is 4.74. The summed E-state index contributed by atoms with van der Waals surface area (Å²) in [7, 11) is 1.22. The molecule has 0 bridgehead atoms. The Labute approximate surface area is 73.8 Å². The molecule has 10 heavy (non-hydrogen) atoms. The van der Waals surface area contributed by atoms with Gasteiger partial charge in [0.05, 0.1) is 5.69 Å². The van der Waals surface area contributed by atoms with Gasteiger partial charge >= 0.3 is 0 Å². The van der Waals surface area contributed by atoms with Gasteiger partial charge in [-0.15, -0.1) is 11.7 Å². The fraction of sp³-hybridized carbons (Fsp3) is 0.200. The average molecular weight is 190 g/mol. The topological polar surface area (TPSA) is 17.8 Å². The van der Waals surface area contributed by atoms with E-state index in [1.54, 1.807) is 4.68 Å². The Hall–Kier alpha value is -0.000000000000000167.